The van der Waals surface area contributed by atoms with Gasteiger partial charge in [-0.2, -0.15) is 0 Å². The van der Waals surface area contributed by atoms with Crippen LogP contribution < -0.4 is 5.32 Å². The van der Waals surface area contributed by atoms with Gasteiger partial charge in [0.05, 0.1) is 11.0 Å². The van der Waals surface area contributed by atoms with Crippen LogP contribution in [0.4, 0.5) is 15.8 Å². The summed E-state index contributed by atoms with van der Waals surface area (Å²) in [7, 11) is 0. The third-order valence-electron chi connectivity index (χ3n) is 4.80. The minimum absolute atomic E-state index is 0.0794. The van der Waals surface area contributed by atoms with Gasteiger partial charge in [-0.25, -0.2) is 4.39 Å². The van der Waals surface area contributed by atoms with Gasteiger partial charge in [0, 0.05) is 29.3 Å². The molecule has 3 atom stereocenters. The van der Waals surface area contributed by atoms with Crippen molar-refractivity contribution in [1.29, 1.82) is 0 Å². The van der Waals surface area contributed by atoms with Crippen molar-refractivity contribution in [1.82, 2.24) is 0 Å². The van der Waals surface area contributed by atoms with Crippen molar-refractivity contribution in [2.45, 2.75) is 18.4 Å². The first-order chi connectivity index (χ1) is 11.1. The summed E-state index contributed by atoms with van der Waals surface area (Å²) in [6, 6.07) is 11.5. The first kappa shape index (κ1) is 13.9. The standard InChI is InChI=1S/C18H15FN2O2/c19-16-7-2-1-4-14(16)18-13-6-3-5-12(13)15-10-11(21(22)23)8-9-17(15)20-18/h1-5,7-10,12-13,18,20H,6H2/t12-,13-,18-/m0/s1. The van der Waals surface area contributed by atoms with Crippen LogP contribution in [-0.2, 0) is 0 Å². The summed E-state index contributed by atoms with van der Waals surface area (Å²) in [5, 5.41) is 14.4. The molecule has 1 N–H and O–H groups in total. The fourth-order valence-electron chi connectivity index (χ4n) is 3.73. The van der Waals surface area contributed by atoms with Crippen LogP contribution in [0.5, 0.6) is 0 Å². The number of halogens is 1. The van der Waals surface area contributed by atoms with E-state index in [-0.39, 0.29) is 34.3 Å². The van der Waals surface area contributed by atoms with E-state index < -0.39 is 0 Å². The quantitative estimate of drug-likeness (QED) is 0.502. The van der Waals surface area contributed by atoms with Gasteiger partial charge in [0.25, 0.3) is 5.69 Å². The molecular weight excluding hydrogens is 295 g/mol. The van der Waals surface area contributed by atoms with E-state index in [1.54, 1.807) is 24.3 Å². The van der Waals surface area contributed by atoms with Gasteiger partial charge in [0.1, 0.15) is 5.82 Å². The van der Waals surface area contributed by atoms with Crippen LogP contribution >= 0.6 is 0 Å². The van der Waals surface area contributed by atoms with E-state index in [1.165, 1.54) is 12.1 Å². The zero-order chi connectivity index (χ0) is 16.0. The molecule has 0 fully saturated rings. The van der Waals surface area contributed by atoms with Gasteiger partial charge in [-0.05, 0) is 30.0 Å². The molecule has 0 amide bonds. The van der Waals surface area contributed by atoms with E-state index in [9.17, 15) is 14.5 Å². The summed E-state index contributed by atoms with van der Waals surface area (Å²) in [5.41, 5.74) is 2.51. The number of nitrogens with zero attached hydrogens (tertiary/aromatic N) is 1. The topological polar surface area (TPSA) is 55.2 Å². The molecule has 0 saturated heterocycles. The molecule has 1 heterocycles. The van der Waals surface area contributed by atoms with Crippen molar-refractivity contribution in [2.75, 3.05) is 5.32 Å². The summed E-state index contributed by atoms with van der Waals surface area (Å²) in [5.74, 6) is 0.0261. The Morgan fingerprint density at radius 2 is 2.00 bits per heavy atom. The molecule has 0 aromatic heterocycles. The highest BCUT2D eigenvalue weighted by Crippen LogP contribution is 2.50. The lowest BCUT2D eigenvalue weighted by Gasteiger charge is -2.37. The molecule has 0 radical (unpaired) electrons. The second kappa shape index (κ2) is 5.19. The van der Waals surface area contributed by atoms with Crippen molar-refractivity contribution >= 4 is 11.4 Å². The molecule has 2 aliphatic rings. The van der Waals surface area contributed by atoms with Crippen LogP contribution in [0.1, 0.15) is 29.5 Å². The Hall–Kier alpha value is -2.69. The number of fused-ring (bicyclic) bond motifs is 3. The maximum absolute atomic E-state index is 14.2. The summed E-state index contributed by atoms with van der Waals surface area (Å²) in [6.45, 7) is 0. The van der Waals surface area contributed by atoms with Gasteiger partial charge >= 0.3 is 0 Å². The fourth-order valence-corrected chi connectivity index (χ4v) is 3.73. The highest BCUT2D eigenvalue weighted by Gasteiger charge is 2.39. The Morgan fingerprint density at radius 1 is 1.17 bits per heavy atom. The Balaban J connectivity index is 1.81. The molecular formula is C18H15FN2O2. The maximum atomic E-state index is 14.2. The molecule has 2 aromatic rings. The highest BCUT2D eigenvalue weighted by atomic mass is 19.1. The van der Waals surface area contributed by atoms with Crippen LogP contribution in [0.15, 0.2) is 54.6 Å². The highest BCUT2D eigenvalue weighted by molar-refractivity contribution is 5.62. The van der Waals surface area contributed by atoms with E-state index in [0.29, 0.717) is 5.56 Å². The lowest BCUT2D eigenvalue weighted by molar-refractivity contribution is -0.384. The van der Waals surface area contributed by atoms with Gasteiger partial charge in [-0.3, -0.25) is 10.1 Å². The van der Waals surface area contributed by atoms with Crippen LogP contribution in [-0.4, -0.2) is 4.92 Å². The second-order valence-corrected chi connectivity index (χ2v) is 6.03. The van der Waals surface area contributed by atoms with E-state index in [0.717, 1.165) is 17.7 Å². The zero-order valence-electron chi connectivity index (χ0n) is 12.3. The number of nitro benzene ring substituents is 1. The molecule has 0 bridgehead atoms. The third kappa shape index (κ3) is 2.20. The smallest absolute Gasteiger partial charge is 0.269 e. The monoisotopic (exact) mass is 310 g/mol. The normalized spacial score (nSPS) is 24.7. The average Bonchev–Trinajstić information content (AvgIpc) is 3.04. The number of nitro groups is 1. The van der Waals surface area contributed by atoms with Crippen LogP contribution in [0.2, 0.25) is 0 Å². The number of nitrogens with one attached hydrogen (secondary N) is 1. The number of hydrogen-bond donors (Lipinski definition) is 1. The molecule has 0 saturated carbocycles. The van der Waals surface area contributed by atoms with Crippen LogP contribution in [0.25, 0.3) is 0 Å². The van der Waals surface area contributed by atoms with Crippen molar-refractivity contribution in [2.24, 2.45) is 5.92 Å². The molecule has 116 valence electrons. The summed E-state index contributed by atoms with van der Waals surface area (Å²) in [4.78, 5) is 10.6. The van der Waals surface area contributed by atoms with Crippen molar-refractivity contribution in [3.05, 3.63) is 81.7 Å². The van der Waals surface area contributed by atoms with Crippen LogP contribution in [0, 0.1) is 21.8 Å². The Kier molecular flexibility index (Phi) is 3.15. The van der Waals surface area contributed by atoms with Gasteiger partial charge in [0.2, 0.25) is 0 Å². The number of anilines is 1. The number of hydrogen-bond acceptors (Lipinski definition) is 3. The molecule has 1 aliphatic heterocycles. The summed E-state index contributed by atoms with van der Waals surface area (Å²) >= 11 is 0. The van der Waals surface area contributed by atoms with E-state index >= 15 is 0 Å². The largest absolute Gasteiger partial charge is 0.378 e. The van der Waals surface area contributed by atoms with E-state index in [4.69, 9.17) is 0 Å². The van der Waals surface area contributed by atoms with Crippen LogP contribution in [0.3, 0.4) is 0 Å². The summed E-state index contributed by atoms with van der Waals surface area (Å²) in [6.07, 6.45) is 5.00. The van der Waals surface area contributed by atoms with Crippen molar-refractivity contribution in [3.8, 4) is 0 Å². The molecule has 1 aliphatic carbocycles. The minimum atomic E-state index is -0.378. The number of rotatable bonds is 2. The Morgan fingerprint density at radius 3 is 2.78 bits per heavy atom. The van der Waals surface area contributed by atoms with Crippen molar-refractivity contribution in [3.63, 3.8) is 0 Å². The summed E-state index contributed by atoms with van der Waals surface area (Å²) < 4.78 is 14.2. The van der Waals surface area contributed by atoms with Gasteiger partial charge in [-0.1, -0.05) is 30.4 Å². The molecule has 23 heavy (non-hydrogen) atoms. The van der Waals surface area contributed by atoms with Gasteiger partial charge in [-0.15, -0.1) is 0 Å². The molecule has 2 aromatic carbocycles. The lowest BCUT2D eigenvalue weighted by Crippen LogP contribution is -2.29. The molecule has 0 unspecified atom stereocenters. The van der Waals surface area contributed by atoms with Gasteiger partial charge < -0.3 is 5.32 Å². The first-order valence-corrected chi connectivity index (χ1v) is 7.61. The maximum Gasteiger partial charge on any atom is 0.269 e. The fraction of sp³-hybridized carbons (Fsp3) is 0.222. The lowest BCUT2D eigenvalue weighted by atomic mass is 9.77. The number of benzene rings is 2. The van der Waals surface area contributed by atoms with Gasteiger partial charge in [0.15, 0.2) is 0 Å². The predicted molar refractivity (Wildman–Crippen MR) is 85.8 cm³/mol. The zero-order valence-corrected chi connectivity index (χ0v) is 12.3. The number of allylic oxidation sites excluding steroid dienone is 2. The Labute approximate surface area is 132 Å². The third-order valence-corrected chi connectivity index (χ3v) is 4.80. The first-order valence-electron chi connectivity index (χ1n) is 7.61. The van der Waals surface area contributed by atoms with E-state index in [1.807, 2.05) is 6.07 Å². The molecule has 5 heteroatoms. The Bertz CT molecular complexity index is 818. The number of non-ortho nitro benzene ring substituents is 1. The van der Waals surface area contributed by atoms with E-state index in [2.05, 4.69) is 17.5 Å². The predicted octanol–water partition coefficient (Wildman–Crippen LogP) is 4.56. The molecule has 0 spiro atoms. The van der Waals surface area contributed by atoms with Crippen molar-refractivity contribution < 1.29 is 9.31 Å². The molecule has 4 nitrogen and oxygen atoms in total. The molecule has 4 rings (SSSR count). The SMILES string of the molecule is O=[N+]([O-])c1ccc2c(c1)[C@H]1C=CC[C@@H]1[C@@H](c1ccccc1F)N2. The average molecular weight is 310 g/mol. The second-order valence-electron chi connectivity index (χ2n) is 6.03. The minimum Gasteiger partial charge on any atom is -0.378 e.